The fraction of sp³-hybridized carbons (Fsp3) is 0.625. The van der Waals surface area contributed by atoms with Crippen molar-refractivity contribution in [2.45, 2.75) is 45.7 Å². The normalized spacial score (nSPS) is 21.8. The van der Waals surface area contributed by atoms with E-state index in [1.54, 1.807) is 0 Å². The molecule has 0 spiro atoms. The van der Waals surface area contributed by atoms with Gasteiger partial charge in [-0.25, -0.2) is 0 Å². The third-order valence-electron chi connectivity index (χ3n) is 4.09. The quantitative estimate of drug-likeness (QED) is 0.888. The minimum atomic E-state index is 0.181. The van der Waals surface area contributed by atoms with Crippen molar-refractivity contribution in [3.8, 4) is 0 Å². The van der Waals surface area contributed by atoms with Crippen LogP contribution in [-0.2, 0) is 0 Å². The van der Waals surface area contributed by atoms with E-state index < -0.39 is 0 Å². The number of benzene rings is 1. The second kappa shape index (κ2) is 5.85. The van der Waals surface area contributed by atoms with Crippen molar-refractivity contribution in [2.75, 3.05) is 13.1 Å². The number of nitrogens with two attached hydrogens (primary N) is 1. The molecule has 1 aliphatic heterocycles. The topological polar surface area (TPSA) is 29.3 Å². The number of rotatable bonds is 3. The molecule has 2 heteroatoms. The molecule has 2 N–H and O–H groups in total. The molecule has 2 nitrogen and oxygen atoms in total. The molecule has 1 aromatic carbocycles. The number of nitrogens with zero attached hydrogens (tertiary/aromatic N) is 1. The number of hydrogen-bond acceptors (Lipinski definition) is 2. The lowest BCUT2D eigenvalue weighted by Crippen LogP contribution is -2.43. The fourth-order valence-corrected chi connectivity index (χ4v) is 3.01. The van der Waals surface area contributed by atoms with Gasteiger partial charge in [0.1, 0.15) is 0 Å². The maximum Gasteiger partial charge on any atom is 0.0496 e. The Morgan fingerprint density at radius 2 is 1.94 bits per heavy atom. The largest absolute Gasteiger partial charge is 0.326 e. The predicted molar refractivity (Wildman–Crippen MR) is 77.5 cm³/mol. The van der Waals surface area contributed by atoms with Crippen LogP contribution in [0.15, 0.2) is 24.3 Å². The van der Waals surface area contributed by atoms with Gasteiger partial charge in [0.15, 0.2) is 0 Å². The monoisotopic (exact) mass is 246 g/mol. The lowest BCUT2D eigenvalue weighted by molar-refractivity contribution is 0.124. The highest BCUT2D eigenvalue weighted by molar-refractivity contribution is 5.26. The van der Waals surface area contributed by atoms with Gasteiger partial charge in [0.05, 0.1) is 0 Å². The maximum atomic E-state index is 6.24. The second-order valence-corrected chi connectivity index (χ2v) is 5.94. The van der Waals surface area contributed by atoms with Crippen LogP contribution in [0.1, 0.15) is 43.9 Å². The van der Waals surface area contributed by atoms with Gasteiger partial charge in [-0.3, -0.25) is 4.90 Å². The molecule has 2 rings (SSSR count). The van der Waals surface area contributed by atoms with E-state index in [1.165, 1.54) is 37.1 Å². The summed E-state index contributed by atoms with van der Waals surface area (Å²) in [7, 11) is 0. The Morgan fingerprint density at radius 3 is 2.50 bits per heavy atom. The van der Waals surface area contributed by atoms with Crippen LogP contribution < -0.4 is 5.73 Å². The molecule has 0 saturated carbocycles. The molecule has 100 valence electrons. The Hall–Kier alpha value is -0.860. The average Bonchev–Trinajstić information content (AvgIpc) is 2.32. The van der Waals surface area contributed by atoms with E-state index in [9.17, 15) is 0 Å². The van der Waals surface area contributed by atoms with Gasteiger partial charge in [-0.1, -0.05) is 36.8 Å². The standard InChI is InChI=1S/C16H26N2/c1-12-7-9-18(10-8-12)16(14(3)17)15-6-4-5-13(2)11-15/h4-6,11-12,14,16H,7-10,17H2,1-3H3. The van der Waals surface area contributed by atoms with Crippen molar-refractivity contribution < 1.29 is 0 Å². The highest BCUT2D eigenvalue weighted by atomic mass is 15.2. The lowest BCUT2D eigenvalue weighted by Gasteiger charge is -2.39. The Bertz CT molecular complexity index is 378. The molecule has 1 fully saturated rings. The molecule has 0 aromatic heterocycles. The van der Waals surface area contributed by atoms with Crippen LogP contribution in [-0.4, -0.2) is 24.0 Å². The Balaban J connectivity index is 2.18. The molecule has 2 atom stereocenters. The summed E-state index contributed by atoms with van der Waals surface area (Å²) < 4.78 is 0. The minimum Gasteiger partial charge on any atom is -0.326 e. The summed E-state index contributed by atoms with van der Waals surface area (Å²) >= 11 is 0. The van der Waals surface area contributed by atoms with Crippen molar-refractivity contribution in [3.63, 3.8) is 0 Å². The molecule has 1 saturated heterocycles. The van der Waals surface area contributed by atoms with E-state index in [1.807, 2.05) is 0 Å². The summed E-state index contributed by atoms with van der Waals surface area (Å²) in [5.74, 6) is 0.868. The summed E-state index contributed by atoms with van der Waals surface area (Å²) in [4.78, 5) is 2.57. The van der Waals surface area contributed by atoms with Crippen molar-refractivity contribution >= 4 is 0 Å². The molecule has 1 heterocycles. The molecular formula is C16H26N2. The van der Waals surface area contributed by atoms with Crippen molar-refractivity contribution in [1.82, 2.24) is 4.90 Å². The minimum absolute atomic E-state index is 0.181. The molecule has 2 unspecified atom stereocenters. The van der Waals surface area contributed by atoms with E-state index in [4.69, 9.17) is 5.73 Å². The van der Waals surface area contributed by atoms with Gasteiger partial charge < -0.3 is 5.73 Å². The fourth-order valence-electron chi connectivity index (χ4n) is 3.01. The number of hydrogen-bond donors (Lipinski definition) is 1. The van der Waals surface area contributed by atoms with Gasteiger partial charge in [-0.15, -0.1) is 0 Å². The van der Waals surface area contributed by atoms with Gasteiger partial charge >= 0.3 is 0 Å². The first-order chi connectivity index (χ1) is 8.58. The van der Waals surface area contributed by atoms with E-state index >= 15 is 0 Å². The molecule has 0 radical (unpaired) electrons. The smallest absolute Gasteiger partial charge is 0.0496 e. The van der Waals surface area contributed by atoms with Crippen molar-refractivity contribution in [3.05, 3.63) is 35.4 Å². The number of piperidine rings is 1. The molecular weight excluding hydrogens is 220 g/mol. The first kappa shape index (κ1) is 13.6. The highest BCUT2D eigenvalue weighted by Crippen LogP contribution is 2.29. The Morgan fingerprint density at radius 1 is 1.28 bits per heavy atom. The lowest BCUT2D eigenvalue weighted by atomic mass is 9.92. The summed E-state index contributed by atoms with van der Waals surface area (Å²) in [6.07, 6.45) is 2.60. The van der Waals surface area contributed by atoms with Crippen LogP contribution in [0.3, 0.4) is 0 Å². The number of likely N-dealkylation sites (tertiary alicyclic amines) is 1. The zero-order valence-corrected chi connectivity index (χ0v) is 11.9. The van der Waals surface area contributed by atoms with Crippen LogP contribution >= 0.6 is 0 Å². The van der Waals surface area contributed by atoms with Gasteiger partial charge in [-0.05, 0) is 51.3 Å². The van der Waals surface area contributed by atoms with E-state index in [-0.39, 0.29) is 6.04 Å². The van der Waals surface area contributed by atoms with Gasteiger partial charge in [0, 0.05) is 12.1 Å². The summed E-state index contributed by atoms with van der Waals surface area (Å²) in [5.41, 5.74) is 8.94. The summed E-state index contributed by atoms with van der Waals surface area (Å²) in [6, 6.07) is 9.36. The molecule has 0 aliphatic carbocycles. The van der Waals surface area contributed by atoms with E-state index in [0.717, 1.165) is 5.92 Å². The molecule has 0 amide bonds. The van der Waals surface area contributed by atoms with E-state index in [2.05, 4.69) is 49.9 Å². The summed E-state index contributed by atoms with van der Waals surface area (Å²) in [6.45, 7) is 9.00. The third kappa shape index (κ3) is 3.12. The first-order valence-corrected chi connectivity index (χ1v) is 7.14. The first-order valence-electron chi connectivity index (χ1n) is 7.14. The van der Waals surface area contributed by atoms with Crippen LogP contribution in [0.2, 0.25) is 0 Å². The zero-order chi connectivity index (χ0) is 13.1. The van der Waals surface area contributed by atoms with E-state index in [0.29, 0.717) is 6.04 Å². The van der Waals surface area contributed by atoms with Crippen molar-refractivity contribution in [2.24, 2.45) is 11.7 Å². The zero-order valence-electron chi connectivity index (χ0n) is 11.9. The maximum absolute atomic E-state index is 6.24. The summed E-state index contributed by atoms with van der Waals surface area (Å²) in [5, 5.41) is 0. The highest BCUT2D eigenvalue weighted by Gasteiger charge is 2.27. The molecule has 18 heavy (non-hydrogen) atoms. The van der Waals surface area contributed by atoms with Crippen LogP contribution in [0.5, 0.6) is 0 Å². The van der Waals surface area contributed by atoms with Crippen molar-refractivity contribution in [1.29, 1.82) is 0 Å². The SMILES string of the molecule is Cc1cccc(C(C(C)N)N2CCC(C)CC2)c1. The Kier molecular flexibility index (Phi) is 4.41. The molecule has 1 aliphatic rings. The molecule has 1 aromatic rings. The Labute approximate surface area is 111 Å². The molecule has 0 bridgehead atoms. The average molecular weight is 246 g/mol. The predicted octanol–water partition coefficient (Wildman–Crippen LogP) is 3.12. The second-order valence-electron chi connectivity index (χ2n) is 5.94. The van der Waals surface area contributed by atoms with Gasteiger partial charge in [0.25, 0.3) is 0 Å². The van der Waals surface area contributed by atoms with Crippen LogP contribution in [0, 0.1) is 12.8 Å². The van der Waals surface area contributed by atoms with Crippen LogP contribution in [0.25, 0.3) is 0 Å². The third-order valence-corrected chi connectivity index (χ3v) is 4.09. The van der Waals surface area contributed by atoms with Crippen LogP contribution in [0.4, 0.5) is 0 Å². The van der Waals surface area contributed by atoms with Gasteiger partial charge in [-0.2, -0.15) is 0 Å². The number of aryl methyl sites for hydroxylation is 1. The van der Waals surface area contributed by atoms with Gasteiger partial charge in [0.2, 0.25) is 0 Å².